The number of nitriles is 1. The number of halogens is 1. The molecule has 0 saturated heterocycles. The van der Waals surface area contributed by atoms with Gasteiger partial charge in [-0.25, -0.2) is 19.3 Å². The number of nitrogens with zero attached hydrogens (tertiary/aromatic N) is 5. The van der Waals surface area contributed by atoms with E-state index in [0.717, 1.165) is 24.8 Å². The van der Waals surface area contributed by atoms with Gasteiger partial charge in [0.25, 0.3) is 0 Å². The Hall–Kier alpha value is -2.92. The number of pyridine rings is 1. The van der Waals surface area contributed by atoms with Gasteiger partial charge in [-0.05, 0) is 25.0 Å². The SMILES string of the molecule is N#Cc1cnc(-c2cnc(NCC3(c4ncccc4F)CCC3)nc2)s1. The molecule has 1 saturated carbocycles. The third-order valence-electron chi connectivity index (χ3n) is 4.67. The summed E-state index contributed by atoms with van der Waals surface area (Å²) >= 11 is 1.30. The molecule has 6 nitrogen and oxygen atoms in total. The molecule has 0 unspecified atom stereocenters. The largest absolute Gasteiger partial charge is 0.353 e. The molecule has 3 aromatic rings. The second-order valence-electron chi connectivity index (χ2n) is 6.26. The monoisotopic (exact) mass is 366 g/mol. The van der Waals surface area contributed by atoms with E-state index >= 15 is 0 Å². The number of aromatic nitrogens is 4. The normalized spacial score (nSPS) is 15.1. The van der Waals surface area contributed by atoms with Crippen molar-refractivity contribution in [1.29, 1.82) is 5.26 Å². The molecule has 0 atom stereocenters. The predicted molar refractivity (Wildman–Crippen MR) is 96.1 cm³/mol. The van der Waals surface area contributed by atoms with Crippen LogP contribution in [0.25, 0.3) is 10.6 Å². The lowest BCUT2D eigenvalue weighted by Gasteiger charge is -2.41. The molecule has 3 aromatic heterocycles. The molecule has 1 aliphatic carbocycles. The van der Waals surface area contributed by atoms with Crippen LogP contribution < -0.4 is 5.32 Å². The Morgan fingerprint density at radius 1 is 1.19 bits per heavy atom. The van der Waals surface area contributed by atoms with Gasteiger partial charge in [-0.3, -0.25) is 4.98 Å². The molecule has 0 aliphatic heterocycles. The summed E-state index contributed by atoms with van der Waals surface area (Å²) in [6.07, 6.45) is 9.35. The number of thiazole rings is 1. The van der Waals surface area contributed by atoms with E-state index in [1.165, 1.54) is 23.6 Å². The van der Waals surface area contributed by atoms with Crippen LogP contribution in [0.3, 0.4) is 0 Å². The van der Waals surface area contributed by atoms with Gasteiger partial charge in [0, 0.05) is 36.1 Å². The van der Waals surface area contributed by atoms with E-state index in [0.29, 0.717) is 28.1 Å². The van der Waals surface area contributed by atoms with Crippen molar-refractivity contribution in [2.45, 2.75) is 24.7 Å². The fourth-order valence-electron chi connectivity index (χ4n) is 3.11. The third-order valence-corrected chi connectivity index (χ3v) is 5.62. The van der Waals surface area contributed by atoms with E-state index in [9.17, 15) is 4.39 Å². The molecule has 8 heteroatoms. The highest BCUT2D eigenvalue weighted by molar-refractivity contribution is 7.15. The Morgan fingerprint density at radius 2 is 2.00 bits per heavy atom. The van der Waals surface area contributed by atoms with Crippen molar-refractivity contribution < 1.29 is 4.39 Å². The number of hydrogen-bond donors (Lipinski definition) is 1. The van der Waals surface area contributed by atoms with Crippen molar-refractivity contribution in [1.82, 2.24) is 19.9 Å². The van der Waals surface area contributed by atoms with Gasteiger partial charge >= 0.3 is 0 Å². The second-order valence-corrected chi connectivity index (χ2v) is 7.29. The Kier molecular flexibility index (Phi) is 4.31. The first kappa shape index (κ1) is 16.5. The van der Waals surface area contributed by atoms with E-state index in [2.05, 4.69) is 31.3 Å². The predicted octanol–water partition coefficient (Wildman–Crippen LogP) is 3.54. The Morgan fingerprint density at radius 3 is 2.62 bits per heavy atom. The second kappa shape index (κ2) is 6.77. The lowest BCUT2D eigenvalue weighted by Crippen LogP contribution is -2.42. The Balaban J connectivity index is 1.48. The fraction of sp³-hybridized carbons (Fsp3) is 0.278. The van der Waals surface area contributed by atoms with Crippen LogP contribution in [-0.2, 0) is 5.41 Å². The summed E-state index contributed by atoms with van der Waals surface area (Å²) in [6, 6.07) is 5.13. The minimum Gasteiger partial charge on any atom is -0.353 e. The van der Waals surface area contributed by atoms with Crippen LogP contribution in [0.4, 0.5) is 10.3 Å². The minimum absolute atomic E-state index is 0.262. The number of nitrogens with one attached hydrogen (secondary N) is 1. The molecule has 1 aliphatic rings. The maximum absolute atomic E-state index is 14.2. The van der Waals surface area contributed by atoms with Crippen molar-refractivity contribution in [2.75, 3.05) is 11.9 Å². The first-order valence-corrected chi connectivity index (χ1v) is 9.05. The van der Waals surface area contributed by atoms with Gasteiger partial charge in [0.2, 0.25) is 5.95 Å². The van der Waals surface area contributed by atoms with Gasteiger partial charge < -0.3 is 5.32 Å². The zero-order valence-corrected chi connectivity index (χ0v) is 14.6. The van der Waals surface area contributed by atoms with E-state index < -0.39 is 0 Å². The van der Waals surface area contributed by atoms with Gasteiger partial charge in [-0.2, -0.15) is 5.26 Å². The topological polar surface area (TPSA) is 87.4 Å². The van der Waals surface area contributed by atoms with Crippen molar-refractivity contribution >= 4 is 17.3 Å². The van der Waals surface area contributed by atoms with Gasteiger partial charge in [-0.1, -0.05) is 6.42 Å². The standard InChI is InChI=1S/C18H15FN6S/c19-14-3-1-6-21-15(14)18(4-2-5-18)11-25-17-23-8-12(9-24-17)16-22-10-13(7-20)26-16/h1,3,6,8-10H,2,4-5,11H2,(H,23,24,25). The van der Waals surface area contributed by atoms with Gasteiger partial charge in [0.15, 0.2) is 0 Å². The number of rotatable bonds is 5. The molecule has 1 N–H and O–H groups in total. The van der Waals surface area contributed by atoms with E-state index in [4.69, 9.17) is 5.26 Å². The average molecular weight is 366 g/mol. The van der Waals surface area contributed by atoms with Crippen LogP contribution in [0.5, 0.6) is 0 Å². The van der Waals surface area contributed by atoms with Crippen LogP contribution in [0.15, 0.2) is 36.9 Å². The van der Waals surface area contributed by atoms with Gasteiger partial charge in [0.1, 0.15) is 21.8 Å². The van der Waals surface area contributed by atoms with Gasteiger partial charge in [-0.15, -0.1) is 11.3 Å². The Bertz CT molecular complexity index is 958. The lowest BCUT2D eigenvalue weighted by atomic mass is 9.66. The summed E-state index contributed by atoms with van der Waals surface area (Å²) in [5.74, 6) is 0.218. The molecule has 0 bridgehead atoms. The molecule has 0 amide bonds. The molecule has 3 heterocycles. The van der Waals surface area contributed by atoms with Crippen molar-refractivity contribution in [3.05, 3.63) is 53.3 Å². The summed E-state index contributed by atoms with van der Waals surface area (Å²) in [5.41, 5.74) is 0.975. The van der Waals surface area contributed by atoms with Gasteiger partial charge in [0.05, 0.1) is 11.9 Å². The van der Waals surface area contributed by atoms with Crippen LogP contribution in [0.2, 0.25) is 0 Å². The molecule has 4 rings (SSSR count). The van der Waals surface area contributed by atoms with Crippen LogP contribution in [0, 0.1) is 17.1 Å². The van der Waals surface area contributed by atoms with Crippen molar-refractivity contribution in [3.8, 4) is 16.6 Å². The van der Waals surface area contributed by atoms with E-state index in [1.807, 2.05) is 0 Å². The van der Waals surface area contributed by atoms with Crippen molar-refractivity contribution in [2.24, 2.45) is 0 Å². The molecule has 0 spiro atoms. The smallest absolute Gasteiger partial charge is 0.222 e. The minimum atomic E-state index is -0.301. The first-order valence-electron chi connectivity index (χ1n) is 8.23. The van der Waals surface area contributed by atoms with Crippen LogP contribution in [-0.4, -0.2) is 26.5 Å². The van der Waals surface area contributed by atoms with Crippen LogP contribution in [0.1, 0.15) is 29.8 Å². The fourth-order valence-corrected chi connectivity index (χ4v) is 3.80. The quantitative estimate of drug-likeness (QED) is 0.743. The Labute approximate surface area is 153 Å². The summed E-state index contributed by atoms with van der Waals surface area (Å²) in [4.78, 5) is 17.6. The lowest BCUT2D eigenvalue weighted by molar-refractivity contribution is 0.243. The highest BCUT2D eigenvalue weighted by Gasteiger charge is 2.41. The molecule has 0 aromatic carbocycles. The summed E-state index contributed by atoms with van der Waals surface area (Å²) < 4.78 is 14.2. The highest BCUT2D eigenvalue weighted by atomic mass is 32.1. The molecule has 0 radical (unpaired) electrons. The molecule has 130 valence electrons. The maximum atomic E-state index is 14.2. The van der Waals surface area contributed by atoms with Crippen LogP contribution >= 0.6 is 11.3 Å². The molecular formula is C18H15FN6S. The zero-order chi connectivity index (χ0) is 18.0. The molecule has 26 heavy (non-hydrogen) atoms. The summed E-state index contributed by atoms with van der Waals surface area (Å²) in [7, 11) is 0. The third kappa shape index (κ3) is 3.02. The molecular weight excluding hydrogens is 351 g/mol. The average Bonchev–Trinajstić information content (AvgIpc) is 3.12. The zero-order valence-electron chi connectivity index (χ0n) is 13.8. The van der Waals surface area contributed by atoms with E-state index in [-0.39, 0.29) is 11.2 Å². The first-order chi connectivity index (χ1) is 12.7. The summed E-state index contributed by atoms with van der Waals surface area (Å²) in [5, 5.41) is 12.8. The van der Waals surface area contributed by atoms with E-state index in [1.54, 1.807) is 24.7 Å². The number of anilines is 1. The number of hydrogen-bond acceptors (Lipinski definition) is 7. The maximum Gasteiger partial charge on any atom is 0.222 e. The highest BCUT2D eigenvalue weighted by Crippen LogP contribution is 2.43. The summed E-state index contributed by atoms with van der Waals surface area (Å²) in [6.45, 7) is 0.538. The molecule has 1 fully saturated rings. The van der Waals surface area contributed by atoms with Crippen molar-refractivity contribution in [3.63, 3.8) is 0 Å².